The van der Waals surface area contributed by atoms with Crippen LogP contribution in [0.5, 0.6) is 0 Å². The predicted octanol–water partition coefficient (Wildman–Crippen LogP) is 2.15. The molecular formula is C15H15NO3. The molecule has 0 spiro atoms. The Balaban J connectivity index is 1.57. The maximum absolute atomic E-state index is 11.8. The van der Waals surface area contributed by atoms with E-state index in [0.717, 1.165) is 6.42 Å². The van der Waals surface area contributed by atoms with E-state index >= 15 is 0 Å². The van der Waals surface area contributed by atoms with Gasteiger partial charge in [-0.3, -0.25) is 4.79 Å². The molecule has 0 saturated carbocycles. The maximum atomic E-state index is 11.8. The molecule has 1 amide bonds. The van der Waals surface area contributed by atoms with Crippen molar-refractivity contribution >= 4 is 5.91 Å². The third-order valence-corrected chi connectivity index (χ3v) is 3.31. The topological polar surface area (TPSA) is 51.5 Å². The van der Waals surface area contributed by atoms with Gasteiger partial charge >= 0.3 is 0 Å². The summed E-state index contributed by atoms with van der Waals surface area (Å²) < 4.78 is 10.6. The molecule has 4 heteroatoms. The average molecular weight is 257 g/mol. The second-order valence-electron chi connectivity index (χ2n) is 4.63. The molecule has 1 atom stereocenters. The Hall–Kier alpha value is -2.07. The number of nitrogens with one attached hydrogen (secondary N) is 1. The van der Waals surface area contributed by atoms with Crippen LogP contribution in [0.4, 0.5) is 0 Å². The van der Waals surface area contributed by atoms with E-state index in [1.807, 2.05) is 12.1 Å². The number of carbonyl (C=O) groups excluding carboxylic acids is 1. The van der Waals surface area contributed by atoms with Crippen molar-refractivity contribution in [2.24, 2.45) is 0 Å². The van der Waals surface area contributed by atoms with Gasteiger partial charge in [0, 0.05) is 13.0 Å². The van der Waals surface area contributed by atoms with Gasteiger partial charge in [-0.15, -0.1) is 0 Å². The van der Waals surface area contributed by atoms with Crippen molar-refractivity contribution in [2.45, 2.75) is 19.1 Å². The molecule has 3 rings (SSSR count). The third kappa shape index (κ3) is 2.69. The highest BCUT2D eigenvalue weighted by molar-refractivity contribution is 5.93. The molecule has 19 heavy (non-hydrogen) atoms. The van der Waals surface area contributed by atoms with Gasteiger partial charge in [-0.05, 0) is 17.2 Å². The summed E-state index contributed by atoms with van der Waals surface area (Å²) in [7, 11) is 0. The lowest BCUT2D eigenvalue weighted by atomic mass is 9.99. The van der Waals surface area contributed by atoms with E-state index in [1.54, 1.807) is 6.07 Å². The van der Waals surface area contributed by atoms with Crippen molar-refractivity contribution in [3.05, 3.63) is 59.5 Å². The fourth-order valence-electron chi connectivity index (χ4n) is 2.24. The summed E-state index contributed by atoms with van der Waals surface area (Å²) in [5, 5.41) is 2.86. The summed E-state index contributed by atoms with van der Waals surface area (Å²) in [6, 6.07) is 9.89. The zero-order valence-corrected chi connectivity index (χ0v) is 10.5. The van der Waals surface area contributed by atoms with Crippen LogP contribution in [0.25, 0.3) is 0 Å². The van der Waals surface area contributed by atoms with Gasteiger partial charge in [-0.1, -0.05) is 24.3 Å². The average Bonchev–Trinajstić information content (AvgIpc) is 2.99. The van der Waals surface area contributed by atoms with E-state index in [4.69, 9.17) is 9.15 Å². The first-order valence-electron chi connectivity index (χ1n) is 6.32. The fraction of sp³-hybridized carbons (Fsp3) is 0.267. The number of benzene rings is 1. The first kappa shape index (κ1) is 12.0. The van der Waals surface area contributed by atoms with Gasteiger partial charge in [0.25, 0.3) is 5.91 Å². The number of ether oxygens (including phenoxy) is 1. The van der Waals surface area contributed by atoms with Crippen molar-refractivity contribution in [3.63, 3.8) is 0 Å². The Kier molecular flexibility index (Phi) is 3.33. The highest BCUT2D eigenvalue weighted by Gasteiger charge is 2.19. The number of rotatable bonds is 3. The fourth-order valence-corrected chi connectivity index (χ4v) is 2.24. The van der Waals surface area contributed by atoms with Crippen LogP contribution in [0.15, 0.2) is 47.3 Å². The summed E-state index contributed by atoms with van der Waals surface area (Å²) in [6.45, 7) is 1.13. The number of carbonyl (C=O) groups is 1. The largest absolute Gasteiger partial charge is 0.472 e. The maximum Gasteiger partial charge on any atom is 0.254 e. The molecule has 0 fully saturated rings. The molecule has 4 nitrogen and oxygen atoms in total. The minimum atomic E-state index is -0.129. The Morgan fingerprint density at radius 2 is 2.11 bits per heavy atom. The molecule has 0 bridgehead atoms. The zero-order chi connectivity index (χ0) is 13.1. The van der Waals surface area contributed by atoms with Crippen molar-refractivity contribution in [1.82, 2.24) is 5.32 Å². The molecule has 0 radical (unpaired) electrons. The van der Waals surface area contributed by atoms with Crippen LogP contribution >= 0.6 is 0 Å². The minimum absolute atomic E-state index is 0.0331. The van der Waals surface area contributed by atoms with Crippen molar-refractivity contribution in [1.29, 1.82) is 0 Å². The van der Waals surface area contributed by atoms with E-state index in [2.05, 4.69) is 17.4 Å². The second kappa shape index (κ2) is 5.28. The summed E-state index contributed by atoms with van der Waals surface area (Å²) >= 11 is 0. The van der Waals surface area contributed by atoms with Gasteiger partial charge in [0.1, 0.15) is 6.26 Å². The van der Waals surface area contributed by atoms with E-state index in [0.29, 0.717) is 18.7 Å². The van der Waals surface area contributed by atoms with Gasteiger partial charge in [0.2, 0.25) is 0 Å². The Bertz CT molecular complexity index is 563. The van der Waals surface area contributed by atoms with Gasteiger partial charge in [0.15, 0.2) is 0 Å². The first-order chi connectivity index (χ1) is 9.33. The lowest BCUT2D eigenvalue weighted by molar-refractivity contribution is 0.0285. The molecule has 0 unspecified atom stereocenters. The quantitative estimate of drug-likeness (QED) is 0.916. The second-order valence-corrected chi connectivity index (χ2v) is 4.63. The number of amides is 1. The summed E-state index contributed by atoms with van der Waals surface area (Å²) in [5.41, 5.74) is 3.08. The Morgan fingerprint density at radius 3 is 2.89 bits per heavy atom. The minimum Gasteiger partial charge on any atom is -0.472 e. The van der Waals surface area contributed by atoms with Crippen molar-refractivity contribution in [3.8, 4) is 0 Å². The van der Waals surface area contributed by atoms with Crippen LogP contribution in [0.3, 0.4) is 0 Å². The Morgan fingerprint density at radius 1 is 1.26 bits per heavy atom. The highest BCUT2D eigenvalue weighted by atomic mass is 16.5. The molecular weight excluding hydrogens is 242 g/mol. The molecule has 1 aromatic carbocycles. The Labute approximate surface area is 111 Å². The number of hydrogen-bond donors (Lipinski definition) is 1. The van der Waals surface area contributed by atoms with Crippen LogP contribution in [0, 0.1) is 0 Å². The standard InChI is InChI=1S/C15H15NO3/c17-15(13-5-6-18-9-13)16-8-14-7-11-3-1-2-4-12(11)10-19-14/h1-6,9,14H,7-8,10H2,(H,16,17)/t14-/m1/s1. The normalized spacial score (nSPS) is 17.8. The number of furan rings is 1. The van der Waals surface area contributed by atoms with Gasteiger partial charge in [-0.2, -0.15) is 0 Å². The SMILES string of the molecule is O=C(NC[C@H]1Cc2ccccc2CO1)c1ccoc1. The molecule has 2 heterocycles. The van der Waals surface area contributed by atoms with Gasteiger partial charge in [-0.25, -0.2) is 0 Å². The van der Waals surface area contributed by atoms with Gasteiger partial charge < -0.3 is 14.5 Å². The monoisotopic (exact) mass is 257 g/mol. The predicted molar refractivity (Wildman–Crippen MR) is 69.8 cm³/mol. The van der Waals surface area contributed by atoms with Crippen LogP contribution < -0.4 is 5.32 Å². The van der Waals surface area contributed by atoms with E-state index in [9.17, 15) is 4.79 Å². The number of hydrogen-bond acceptors (Lipinski definition) is 3. The van der Waals surface area contributed by atoms with E-state index in [-0.39, 0.29) is 12.0 Å². The highest BCUT2D eigenvalue weighted by Crippen LogP contribution is 2.19. The first-order valence-corrected chi connectivity index (χ1v) is 6.32. The summed E-state index contributed by atoms with van der Waals surface area (Å²) in [4.78, 5) is 11.8. The lowest BCUT2D eigenvalue weighted by Crippen LogP contribution is -2.36. The van der Waals surface area contributed by atoms with Crippen LogP contribution in [0.2, 0.25) is 0 Å². The molecule has 1 N–H and O–H groups in total. The summed E-state index contributed by atoms with van der Waals surface area (Å²) in [5.74, 6) is -0.129. The molecule has 2 aromatic rings. The molecule has 98 valence electrons. The van der Waals surface area contributed by atoms with E-state index in [1.165, 1.54) is 23.7 Å². The molecule has 1 aromatic heterocycles. The van der Waals surface area contributed by atoms with Crippen molar-refractivity contribution < 1.29 is 13.9 Å². The molecule has 1 aliphatic rings. The van der Waals surface area contributed by atoms with E-state index < -0.39 is 0 Å². The third-order valence-electron chi connectivity index (χ3n) is 3.31. The van der Waals surface area contributed by atoms with Crippen LogP contribution in [-0.2, 0) is 17.8 Å². The number of fused-ring (bicyclic) bond motifs is 1. The summed E-state index contributed by atoms with van der Waals surface area (Å²) in [6.07, 6.45) is 3.79. The molecule has 0 saturated heterocycles. The van der Waals surface area contributed by atoms with Crippen LogP contribution in [-0.4, -0.2) is 18.6 Å². The zero-order valence-electron chi connectivity index (χ0n) is 10.5. The lowest BCUT2D eigenvalue weighted by Gasteiger charge is -2.25. The molecule has 0 aliphatic carbocycles. The van der Waals surface area contributed by atoms with Crippen LogP contribution in [0.1, 0.15) is 21.5 Å². The van der Waals surface area contributed by atoms with Crippen molar-refractivity contribution in [2.75, 3.05) is 6.54 Å². The molecule has 1 aliphatic heterocycles. The van der Waals surface area contributed by atoms with Gasteiger partial charge in [0.05, 0.1) is 24.5 Å². The smallest absolute Gasteiger partial charge is 0.254 e.